The van der Waals surface area contributed by atoms with Crippen molar-refractivity contribution in [3.63, 3.8) is 0 Å². The summed E-state index contributed by atoms with van der Waals surface area (Å²) < 4.78 is 0. The van der Waals surface area contributed by atoms with E-state index in [0.29, 0.717) is 71.5 Å². The van der Waals surface area contributed by atoms with Crippen molar-refractivity contribution in [2.75, 3.05) is 26.2 Å². The number of benzene rings is 4. The molecule has 4 aromatic rings. The normalized spacial score (nSPS) is 14.2. The van der Waals surface area contributed by atoms with Crippen LogP contribution in [0.25, 0.3) is 0 Å². The molecular weight excluding hydrogens is 969 g/mol. The molecule has 448 valence electrons. The lowest BCUT2D eigenvalue weighted by Crippen LogP contribution is -2.32. The first-order valence-corrected chi connectivity index (χ1v) is 31.3. The number of aryl methyl sites for hydroxylation is 4. The molecule has 0 amide bonds. The summed E-state index contributed by atoms with van der Waals surface area (Å²) in [5.41, 5.74) is 16.7. The van der Waals surface area contributed by atoms with Crippen LogP contribution in [0.5, 0.6) is 0 Å². The molecule has 4 N–H and O–H groups in total. The maximum Gasteiger partial charge on any atom is 0.0258 e. The van der Waals surface area contributed by atoms with Crippen LogP contribution in [0.3, 0.4) is 0 Å². The highest BCUT2D eigenvalue weighted by molar-refractivity contribution is 5.28. The molecule has 0 saturated heterocycles. The van der Waals surface area contributed by atoms with Gasteiger partial charge in [0, 0.05) is 24.2 Å². The molecule has 0 aromatic heterocycles. The monoisotopic (exact) mass is 1090 g/mol. The van der Waals surface area contributed by atoms with Gasteiger partial charge in [-0.2, -0.15) is 0 Å². The minimum Gasteiger partial charge on any atom is -0.310 e. The van der Waals surface area contributed by atoms with Gasteiger partial charge in [0.2, 0.25) is 0 Å². The summed E-state index contributed by atoms with van der Waals surface area (Å²) in [5, 5.41) is 14.7. The predicted molar refractivity (Wildman–Crippen MR) is 361 cm³/mol. The van der Waals surface area contributed by atoms with Gasteiger partial charge in [-0.3, -0.25) is 0 Å². The summed E-state index contributed by atoms with van der Waals surface area (Å²) in [6, 6.07) is 37.7. The van der Waals surface area contributed by atoms with Gasteiger partial charge in [-0.05, 0) is 205 Å². The fourth-order valence-electron chi connectivity index (χ4n) is 9.65. The standard InChI is InChI=1S/4C19H31N/c4*1-14(2)11-19(20-13-15(3)4)12-17(6)18-9-7-16(5)8-10-18/h4*7-11,15,17,19-20H,12-13H2,1-6H3/t2*17-,19?;17-,19+;17-,19-/m0000/s1. The van der Waals surface area contributed by atoms with Crippen molar-refractivity contribution >= 4 is 0 Å². The van der Waals surface area contributed by atoms with E-state index in [1.807, 2.05) is 0 Å². The highest BCUT2D eigenvalue weighted by atomic mass is 14.9. The van der Waals surface area contributed by atoms with Crippen molar-refractivity contribution in [1.82, 2.24) is 21.3 Å². The van der Waals surface area contributed by atoms with E-state index in [-0.39, 0.29) is 0 Å². The third-order valence-corrected chi connectivity index (χ3v) is 14.3. The molecular formula is C76H124N4. The van der Waals surface area contributed by atoms with E-state index >= 15 is 0 Å². The quantitative estimate of drug-likeness (QED) is 0.0428. The molecule has 0 bridgehead atoms. The number of nitrogens with one attached hydrogen (secondary N) is 4. The highest BCUT2D eigenvalue weighted by Gasteiger charge is 2.17. The molecule has 0 aliphatic rings. The molecule has 0 aliphatic heterocycles. The first kappa shape index (κ1) is 73.7. The Labute approximate surface area is 496 Å². The van der Waals surface area contributed by atoms with Gasteiger partial charge in [0.25, 0.3) is 0 Å². The molecule has 4 aromatic carbocycles. The van der Waals surface area contributed by atoms with Crippen LogP contribution in [-0.4, -0.2) is 50.3 Å². The van der Waals surface area contributed by atoms with Crippen LogP contribution < -0.4 is 21.3 Å². The molecule has 8 atom stereocenters. The second-order valence-electron chi connectivity index (χ2n) is 26.8. The van der Waals surface area contributed by atoms with E-state index in [0.717, 1.165) is 51.9 Å². The third-order valence-electron chi connectivity index (χ3n) is 14.3. The molecule has 2 unspecified atom stereocenters. The lowest BCUT2D eigenvalue weighted by molar-refractivity contribution is 0.468. The molecule has 0 spiro atoms. The SMILES string of the molecule is CC(C)=CC(C[C@H](C)c1ccc(C)cc1)NCC(C)C.CC(C)=CC(C[C@H](C)c1ccc(C)cc1)NCC(C)C.CC(C)=C[C@@H](C[C@H](C)c1ccc(C)cc1)NCC(C)C.CC(C)=C[C@H](C[C@H](C)c1ccc(C)cc1)NCC(C)C. The molecule has 0 heterocycles. The van der Waals surface area contributed by atoms with Crippen molar-refractivity contribution in [2.45, 2.75) is 240 Å². The van der Waals surface area contributed by atoms with Crippen molar-refractivity contribution in [3.05, 3.63) is 188 Å². The van der Waals surface area contributed by atoms with Crippen LogP contribution in [0.15, 0.2) is 144 Å². The maximum absolute atomic E-state index is 3.69. The van der Waals surface area contributed by atoms with E-state index in [1.165, 1.54) is 66.8 Å². The van der Waals surface area contributed by atoms with Crippen LogP contribution in [0.1, 0.15) is 232 Å². The van der Waals surface area contributed by atoms with E-state index in [4.69, 9.17) is 0 Å². The summed E-state index contributed by atoms with van der Waals surface area (Å²) in [4.78, 5) is 0. The molecule has 80 heavy (non-hydrogen) atoms. The Kier molecular flexibility index (Phi) is 37.6. The van der Waals surface area contributed by atoms with Crippen molar-refractivity contribution < 1.29 is 0 Å². The van der Waals surface area contributed by atoms with Gasteiger partial charge in [-0.25, -0.2) is 0 Å². The van der Waals surface area contributed by atoms with Gasteiger partial charge < -0.3 is 21.3 Å². The summed E-state index contributed by atoms with van der Waals surface area (Å²) in [6.07, 6.45) is 14.1. The average molecular weight is 1090 g/mol. The van der Waals surface area contributed by atoms with Crippen molar-refractivity contribution in [1.29, 1.82) is 0 Å². The van der Waals surface area contributed by atoms with Gasteiger partial charge >= 0.3 is 0 Å². The zero-order chi connectivity index (χ0) is 60.5. The van der Waals surface area contributed by atoms with Crippen LogP contribution in [0.2, 0.25) is 0 Å². The number of hydrogen-bond acceptors (Lipinski definition) is 4. The third kappa shape index (κ3) is 36.2. The first-order chi connectivity index (χ1) is 37.5. The van der Waals surface area contributed by atoms with Gasteiger partial charge in [0.05, 0.1) is 0 Å². The molecule has 0 saturated carbocycles. The summed E-state index contributed by atoms with van der Waals surface area (Å²) in [5.74, 6) is 5.09. The Morgan fingerprint density at radius 1 is 0.275 bits per heavy atom. The zero-order valence-electron chi connectivity index (χ0n) is 56.1. The lowest BCUT2D eigenvalue weighted by Gasteiger charge is -2.22. The second-order valence-corrected chi connectivity index (χ2v) is 26.8. The van der Waals surface area contributed by atoms with Gasteiger partial charge in [0.15, 0.2) is 0 Å². The van der Waals surface area contributed by atoms with Crippen LogP contribution in [0.4, 0.5) is 0 Å². The van der Waals surface area contributed by atoms with E-state index in [9.17, 15) is 0 Å². The van der Waals surface area contributed by atoms with Crippen LogP contribution >= 0.6 is 0 Å². The summed E-state index contributed by atoms with van der Waals surface area (Å²) in [6.45, 7) is 57.7. The fourth-order valence-corrected chi connectivity index (χ4v) is 9.65. The molecule has 4 nitrogen and oxygen atoms in total. The minimum absolute atomic E-state index is 0.471. The minimum atomic E-state index is 0.471. The number of rotatable bonds is 28. The smallest absolute Gasteiger partial charge is 0.0258 e. The number of allylic oxidation sites excluding steroid dienone is 4. The fraction of sp³-hybridized carbons (Fsp3) is 0.579. The Bertz CT molecular complexity index is 1970. The van der Waals surface area contributed by atoms with E-state index in [2.05, 4.69) is 309 Å². The summed E-state index contributed by atoms with van der Waals surface area (Å²) in [7, 11) is 0. The zero-order valence-corrected chi connectivity index (χ0v) is 56.1. The number of hydrogen-bond donors (Lipinski definition) is 4. The molecule has 0 aliphatic carbocycles. The summed E-state index contributed by atoms with van der Waals surface area (Å²) >= 11 is 0. The van der Waals surface area contributed by atoms with Crippen molar-refractivity contribution in [2.24, 2.45) is 23.7 Å². The van der Waals surface area contributed by atoms with Crippen molar-refractivity contribution in [3.8, 4) is 0 Å². The Balaban J connectivity index is 0.000000533. The van der Waals surface area contributed by atoms with Gasteiger partial charge in [-0.1, -0.05) is 249 Å². The predicted octanol–water partition coefficient (Wildman–Crippen LogP) is 20.3. The topological polar surface area (TPSA) is 48.1 Å². The first-order valence-electron chi connectivity index (χ1n) is 31.3. The van der Waals surface area contributed by atoms with Crippen LogP contribution in [0, 0.1) is 51.4 Å². The Hall–Kier alpha value is -4.32. The van der Waals surface area contributed by atoms with E-state index < -0.39 is 0 Å². The largest absolute Gasteiger partial charge is 0.310 e. The molecule has 0 radical (unpaired) electrons. The molecule has 4 rings (SSSR count). The second kappa shape index (κ2) is 40.8. The van der Waals surface area contributed by atoms with Gasteiger partial charge in [-0.15, -0.1) is 0 Å². The van der Waals surface area contributed by atoms with Gasteiger partial charge in [0.1, 0.15) is 0 Å². The van der Waals surface area contributed by atoms with E-state index in [1.54, 1.807) is 0 Å². The van der Waals surface area contributed by atoms with Crippen LogP contribution in [-0.2, 0) is 0 Å². The molecule has 0 fully saturated rings. The highest BCUT2D eigenvalue weighted by Crippen LogP contribution is 2.26. The lowest BCUT2D eigenvalue weighted by atomic mass is 9.92. The average Bonchev–Trinajstić information content (AvgIpc) is 3.36. The maximum atomic E-state index is 3.69. The Morgan fingerprint density at radius 2 is 0.425 bits per heavy atom. The molecule has 4 heteroatoms. The Morgan fingerprint density at radius 3 is 0.550 bits per heavy atom.